The smallest absolute Gasteiger partial charge is 0.261 e. The molecule has 0 radical (unpaired) electrons. The number of anilines is 1. The molecule has 0 spiro atoms. The van der Waals surface area contributed by atoms with E-state index in [-0.39, 0.29) is 4.90 Å². The van der Waals surface area contributed by atoms with Gasteiger partial charge in [-0.2, -0.15) is 0 Å². The zero-order valence-electron chi connectivity index (χ0n) is 15.0. The Balaban J connectivity index is 1.77. The van der Waals surface area contributed by atoms with Crippen LogP contribution in [0.25, 0.3) is 0 Å². The Bertz CT molecular complexity index is 852. The van der Waals surface area contributed by atoms with Gasteiger partial charge in [0.2, 0.25) is 0 Å². The SMILES string of the molecule is CCCN1CCCC(c2cccc(NS(=O)(=O)c3cccc(F)c3)c2)C1. The minimum Gasteiger partial charge on any atom is -0.303 e. The minimum atomic E-state index is -3.80. The summed E-state index contributed by atoms with van der Waals surface area (Å²) in [4.78, 5) is 2.40. The number of nitrogens with one attached hydrogen (secondary N) is 1. The highest BCUT2D eigenvalue weighted by molar-refractivity contribution is 7.92. The molecule has 3 rings (SSSR count). The van der Waals surface area contributed by atoms with Crippen molar-refractivity contribution in [2.45, 2.75) is 37.0 Å². The molecule has 0 amide bonds. The van der Waals surface area contributed by atoms with Gasteiger partial charge in [-0.3, -0.25) is 4.72 Å². The molecule has 2 aromatic carbocycles. The zero-order chi connectivity index (χ0) is 18.6. The lowest BCUT2D eigenvalue weighted by atomic mass is 9.90. The number of sulfonamides is 1. The van der Waals surface area contributed by atoms with Gasteiger partial charge in [0, 0.05) is 12.2 Å². The predicted molar refractivity (Wildman–Crippen MR) is 102 cm³/mol. The van der Waals surface area contributed by atoms with Gasteiger partial charge >= 0.3 is 0 Å². The fraction of sp³-hybridized carbons (Fsp3) is 0.400. The number of benzene rings is 2. The standard InChI is InChI=1S/C20H25FN2O2S/c1-2-11-23-12-5-7-17(15-23)16-6-3-9-19(13-16)22-26(24,25)20-10-4-8-18(21)14-20/h3-4,6,8-10,13-14,17,22H,2,5,7,11-12,15H2,1H3. The molecule has 0 saturated carbocycles. The molecule has 2 aromatic rings. The molecule has 1 aliphatic heterocycles. The third kappa shape index (κ3) is 4.62. The summed E-state index contributed by atoms with van der Waals surface area (Å²) in [5.74, 6) is -0.159. The van der Waals surface area contributed by atoms with Crippen molar-refractivity contribution < 1.29 is 12.8 Å². The van der Waals surface area contributed by atoms with Crippen LogP contribution in [-0.2, 0) is 10.0 Å². The van der Waals surface area contributed by atoms with E-state index in [0.717, 1.165) is 50.5 Å². The monoisotopic (exact) mass is 376 g/mol. The Kier molecular flexibility index (Phi) is 5.94. The summed E-state index contributed by atoms with van der Waals surface area (Å²) in [5, 5.41) is 0. The molecule has 0 aliphatic carbocycles. The van der Waals surface area contributed by atoms with Gasteiger partial charge in [-0.05, 0) is 74.2 Å². The van der Waals surface area contributed by atoms with Gasteiger partial charge in [0.1, 0.15) is 5.82 Å². The Morgan fingerprint density at radius 1 is 1.19 bits per heavy atom. The van der Waals surface area contributed by atoms with Gasteiger partial charge < -0.3 is 4.90 Å². The maximum atomic E-state index is 13.3. The molecule has 1 N–H and O–H groups in total. The van der Waals surface area contributed by atoms with Crippen molar-refractivity contribution in [1.29, 1.82) is 0 Å². The highest BCUT2D eigenvalue weighted by Crippen LogP contribution is 2.29. The van der Waals surface area contributed by atoms with Crippen LogP contribution in [0.15, 0.2) is 53.4 Å². The first-order valence-electron chi connectivity index (χ1n) is 9.08. The van der Waals surface area contributed by atoms with Crippen molar-refractivity contribution in [3.63, 3.8) is 0 Å². The van der Waals surface area contributed by atoms with Crippen molar-refractivity contribution in [3.8, 4) is 0 Å². The second-order valence-corrected chi connectivity index (χ2v) is 8.51. The molecule has 1 saturated heterocycles. The number of likely N-dealkylation sites (tertiary alicyclic amines) is 1. The molecule has 0 aromatic heterocycles. The minimum absolute atomic E-state index is 0.0744. The van der Waals surface area contributed by atoms with E-state index in [9.17, 15) is 12.8 Å². The third-order valence-electron chi connectivity index (χ3n) is 4.76. The molecule has 4 nitrogen and oxygen atoms in total. The second kappa shape index (κ2) is 8.18. The lowest BCUT2D eigenvalue weighted by Crippen LogP contribution is -2.34. The number of piperidine rings is 1. The normalized spacial score (nSPS) is 18.6. The number of halogens is 1. The van der Waals surface area contributed by atoms with Crippen LogP contribution in [0.1, 0.15) is 37.7 Å². The molecule has 140 valence electrons. The number of rotatable bonds is 6. The Labute approximate surface area is 155 Å². The molecule has 0 bridgehead atoms. The average molecular weight is 376 g/mol. The molecule has 1 aliphatic rings. The largest absolute Gasteiger partial charge is 0.303 e. The van der Waals surface area contributed by atoms with E-state index in [0.29, 0.717) is 11.6 Å². The van der Waals surface area contributed by atoms with Gasteiger partial charge in [-0.25, -0.2) is 12.8 Å². The van der Waals surface area contributed by atoms with Gasteiger partial charge in [0.15, 0.2) is 0 Å². The predicted octanol–water partition coefficient (Wildman–Crippen LogP) is 4.22. The maximum absolute atomic E-state index is 13.3. The first kappa shape index (κ1) is 18.9. The molecule has 26 heavy (non-hydrogen) atoms. The van der Waals surface area contributed by atoms with E-state index in [1.165, 1.54) is 18.2 Å². The van der Waals surface area contributed by atoms with Crippen molar-refractivity contribution in [2.75, 3.05) is 24.4 Å². The summed E-state index contributed by atoms with van der Waals surface area (Å²) in [6, 6.07) is 12.6. The fourth-order valence-corrected chi connectivity index (χ4v) is 4.63. The van der Waals surface area contributed by atoms with Crippen LogP contribution < -0.4 is 4.72 Å². The Hall–Kier alpha value is -1.92. The lowest BCUT2D eigenvalue weighted by Gasteiger charge is -2.32. The molecule has 1 unspecified atom stereocenters. The van der Waals surface area contributed by atoms with E-state index in [1.807, 2.05) is 12.1 Å². The lowest BCUT2D eigenvalue weighted by molar-refractivity contribution is 0.208. The van der Waals surface area contributed by atoms with Crippen LogP contribution >= 0.6 is 0 Å². The van der Waals surface area contributed by atoms with Crippen LogP contribution in [0.3, 0.4) is 0 Å². The van der Waals surface area contributed by atoms with Crippen molar-refractivity contribution in [3.05, 3.63) is 59.9 Å². The summed E-state index contributed by atoms with van der Waals surface area (Å²) >= 11 is 0. The summed E-state index contributed by atoms with van der Waals surface area (Å²) in [6.45, 7) is 5.43. The van der Waals surface area contributed by atoms with Crippen molar-refractivity contribution in [1.82, 2.24) is 4.90 Å². The molecular weight excluding hydrogens is 351 g/mol. The molecule has 6 heteroatoms. The molecule has 1 atom stereocenters. The fourth-order valence-electron chi connectivity index (χ4n) is 3.55. The second-order valence-electron chi connectivity index (χ2n) is 6.83. The summed E-state index contributed by atoms with van der Waals surface area (Å²) in [5.41, 5.74) is 1.66. The Morgan fingerprint density at radius 2 is 2.00 bits per heavy atom. The number of hydrogen-bond acceptors (Lipinski definition) is 3. The van der Waals surface area contributed by atoms with E-state index >= 15 is 0 Å². The van der Waals surface area contributed by atoms with Crippen LogP contribution in [0.2, 0.25) is 0 Å². The first-order chi connectivity index (χ1) is 12.5. The van der Waals surface area contributed by atoms with Gasteiger partial charge in [0.25, 0.3) is 10.0 Å². The number of nitrogens with zero attached hydrogens (tertiary/aromatic N) is 1. The summed E-state index contributed by atoms with van der Waals surface area (Å²) in [7, 11) is -3.80. The van der Waals surface area contributed by atoms with Crippen molar-refractivity contribution in [2.24, 2.45) is 0 Å². The highest BCUT2D eigenvalue weighted by atomic mass is 32.2. The van der Waals surface area contributed by atoms with E-state index in [4.69, 9.17) is 0 Å². The highest BCUT2D eigenvalue weighted by Gasteiger charge is 2.21. The Morgan fingerprint density at radius 3 is 2.77 bits per heavy atom. The van der Waals surface area contributed by atoms with Crippen LogP contribution in [0.4, 0.5) is 10.1 Å². The van der Waals surface area contributed by atoms with Gasteiger partial charge in [-0.15, -0.1) is 0 Å². The van der Waals surface area contributed by atoms with E-state index < -0.39 is 15.8 Å². The third-order valence-corrected chi connectivity index (χ3v) is 6.14. The van der Waals surface area contributed by atoms with E-state index in [1.54, 1.807) is 6.07 Å². The van der Waals surface area contributed by atoms with Crippen LogP contribution in [-0.4, -0.2) is 33.0 Å². The van der Waals surface area contributed by atoms with Gasteiger partial charge in [0.05, 0.1) is 4.90 Å². The first-order valence-corrected chi connectivity index (χ1v) is 10.6. The average Bonchev–Trinajstić information content (AvgIpc) is 2.62. The summed E-state index contributed by atoms with van der Waals surface area (Å²) < 4.78 is 40.9. The van der Waals surface area contributed by atoms with Gasteiger partial charge in [-0.1, -0.05) is 25.1 Å². The topological polar surface area (TPSA) is 49.4 Å². The maximum Gasteiger partial charge on any atom is 0.261 e. The molecule has 1 heterocycles. The van der Waals surface area contributed by atoms with Crippen molar-refractivity contribution >= 4 is 15.7 Å². The quantitative estimate of drug-likeness (QED) is 0.821. The molecular formula is C20H25FN2O2S. The van der Waals surface area contributed by atoms with E-state index in [2.05, 4.69) is 22.6 Å². The number of hydrogen-bond donors (Lipinski definition) is 1. The van der Waals surface area contributed by atoms with Crippen LogP contribution in [0.5, 0.6) is 0 Å². The summed E-state index contributed by atoms with van der Waals surface area (Å²) in [6.07, 6.45) is 3.41. The zero-order valence-corrected chi connectivity index (χ0v) is 15.8. The van der Waals surface area contributed by atoms with Crippen LogP contribution in [0, 0.1) is 5.82 Å². The molecule has 1 fully saturated rings.